The van der Waals surface area contributed by atoms with Crippen molar-refractivity contribution in [2.75, 3.05) is 0 Å². The lowest BCUT2D eigenvalue weighted by Gasteiger charge is -2.14. The van der Waals surface area contributed by atoms with E-state index in [4.69, 9.17) is 5.73 Å². The molecule has 2 nitrogen and oxygen atoms in total. The van der Waals surface area contributed by atoms with Crippen molar-refractivity contribution in [3.05, 3.63) is 76.3 Å². The Balaban J connectivity index is 1.95. The predicted molar refractivity (Wildman–Crippen MR) is 86.5 cm³/mol. The summed E-state index contributed by atoms with van der Waals surface area (Å²) in [6, 6.07) is 14.6. The number of aromatic nitrogens is 1. The lowest BCUT2D eigenvalue weighted by atomic mass is 9.99. The molecule has 4 heteroatoms. The largest absolute Gasteiger partial charge is 0.322 e. The second kappa shape index (κ2) is 5.92. The van der Waals surface area contributed by atoms with Gasteiger partial charge >= 0.3 is 0 Å². The molecule has 0 saturated heterocycles. The first-order chi connectivity index (χ1) is 10.1. The molecule has 0 radical (unpaired) electrons. The van der Waals surface area contributed by atoms with Crippen molar-refractivity contribution in [1.82, 2.24) is 4.98 Å². The van der Waals surface area contributed by atoms with E-state index in [9.17, 15) is 4.39 Å². The van der Waals surface area contributed by atoms with Crippen molar-refractivity contribution < 1.29 is 4.39 Å². The molecule has 0 aliphatic rings. The van der Waals surface area contributed by atoms with Crippen LogP contribution in [0, 0.1) is 5.82 Å². The van der Waals surface area contributed by atoms with E-state index in [1.807, 2.05) is 36.4 Å². The number of rotatable bonds is 3. The van der Waals surface area contributed by atoms with Gasteiger partial charge < -0.3 is 5.73 Å². The lowest BCUT2D eigenvalue weighted by molar-refractivity contribution is 0.590. The topological polar surface area (TPSA) is 38.9 Å². The second-order valence-corrected chi connectivity index (χ2v) is 5.88. The van der Waals surface area contributed by atoms with E-state index in [2.05, 4.69) is 20.9 Å². The van der Waals surface area contributed by atoms with E-state index in [-0.39, 0.29) is 11.9 Å². The molecule has 1 heterocycles. The van der Waals surface area contributed by atoms with Crippen molar-refractivity contribution in [3.63, 3.8) is 0 Å². The fourth-order valence-electron chi connectivity index (χ4n) is 2.46. The SMILES string of the molecule is NC(Cc1ccc(Br)cc1F)c1nccc2ccccc12. The summed E-state index contributed by atoms with van der Waals surface area (Å²) in [6.45, 7) is 0. The molecule has 2 N–H and O–H groups in total. The first-order valence-electron chi connectivity index (χ1n) is 6.68. The van der Waals surface area contributed by atoms with Crippen LogP contribution >= 0.6 is 15.9 Å². The van der Waals surface area contributed by atoms with Gasteiger partial charge in [-0.1, -0.05) is 46.3 Å². The quantitative estimate of drug-likeness (QED) is 0.765. The summed E-state index contributed by atoms with van der Waals surface area (Å²) in [5, 5.41) is 2.11. The van der Waals surface area contributed by atoms with Gasteiger partial charge in [0.15, 0.2) is 0 Å². The number of halogens is 2. The molecular weight excluding hydrogens is 331 g/mol. The molecule has 1 atom stereocenters. The highest BCUT2D eigenvalue weighted by Crippen LogP contribution is 2.25. The fraction of sp³-hybridized carbons (Fsp3) is 0.118. The molecule has 0 aliphatic carbocycles. The Hall–Kier alpha value is -1.78. The van der Waals surface area contributed by atoms with Crippen LogP contribution in [0.5, 0.6) is 0 Å². The second-order valence-electron chi connectivity index (χ2n) is 4.96. The molecule has 0 bridgehead atoms. The van der Waals surface area contributed by atoms with Crippen LogP contribution in [0.3, 0.4) is 0 Å². The molecule has 106 valence electrons. The molecule has 2 aromatic carbocycles. The summed E-state index contributed by atoms with van der Waals surface area (Å²) < 4.78 is 14.7. The minimum Gasteiger partial charge on any atom is -0.322 e. The molecule has 0 saturated carbocycles. The normalized spacial score (nSPS) is 12.5. The Morgan fingerprint density at radius 1 is 1.14 bits per heavy atom. The van der Waals surface area contributed by atoms with Crippen molar-refractivity contribution in [2.24, 2.45) is 5.73 Å². The Kier molecular flexibility index (Phi) is 3.99. The van der Waals surface area contributed by atoms with Crippen LogP contribution in [0.4, 0.5) is 4.39 Å². The highest BCUT2D eigenvalue weighted by molar-refractivity contribution is 9.10. The number of hydrogen-bond donors (Lipinski definition) is 1. The van der Waals surface area contributed by atoms with Gasteiger partial charge in [-0.25, -0.2) is 4.39 Å². The highest BCUT2D eigenvalue weighted by atomic mass is 79.9. The Bertz CT molecular complexity index is 783. The number of hydrogen-bond acceptors (Lipinski definition) is 2. The molecule has 21 heavy (non-hydrogen) atoms. The minimum absolute atomic E-state index is 0.250. The first kappa shape index (κ1) is 14.2. The van der Waals surface area contributed by atoms with Gasteiger partial charge in [-0.05, 0) is 35.6 Å². The molecule has 0 spiro atoms. The third-order valence-electron chi connectivity index (χ3n) is 3.51. The van der Waals surface area contributed by atoms with Gasteiger partial charge in [-0.2, -0.15) is 0 Å². The van der Waals surface area contributed by atoms with Gasteiger partial charge in [0.05, 0.1) is 11.7 Å². The monoisotopic (exact) mass is 344 g/mol. The fourth-order valence-corrected chi connectivity index (χ4v) is 2.79. The van der Waals surface area contributed by atoms with Crippen molar-refractivity contribution in [2.45, 2.75) is 12.5 Å². The molecule has 0 fully saturated rings. The molecular formula is C17H14BrFN2. The smallest absolute Gasteiger partial charge is 0.127 e. The van der Waals surface area contributed by atoms with Gasteiger partial charge in [-0.3, -0.25) is 4.98 Å². The molecule has 0 aliphatic heterocycles. The molecule has 1 aromatic heterocycles. The van der Waals surface area contributed by atoms with E-state index in [1.54, 1.807) is 12.3 Å². The summed E-state index contributed by atoms with van der Waals surface area (Å²) in [5.74, 6) is -0.250. The van der Waals surface area contributed by atoms with Crippen LogP contribution in [-0.4, -0.2) is 4.98 Å². The summed E-state index contributed by atoms with van der Waals surface area (Å²) in [5.41, 5.74) is 7.66. The van der Waals surface area contributed by atoms with E-state index in [1.165, 1.54) is 6.07 Å². The van der Waals surface area contributed by atoms with Crippen molar-refractivity contribution >= 4 is 26.7 Å². The van der Waals surface area contributed by atoms with Crippen LogP contribution < -0.4 is 5.73 Å². The maximum absolute atomic E-state index is 13.9. The van der Waals surface area contributed by atoms with Gasteiger partial charge in [0.2, 0.25) is 0 Å². The van der Waals surface area contributed by atoms with Gasteiger partial charge in [0.1, 0.15) is 5.82 Å². The van der Waals surface area contributed by atoms with Crippen LogP contribution in [0.2, 0.25) is 0 Å². The third kappa shape index (κ3) is 2.96. The number of benzene rings is 2. The van der Waals surface area contributed by atoms with Gasteiger partial charge in [-0.15, -0.1) is 0 Å². The van der Waals surface area contributed by atoms with Crippen LogP contribution in [0.1, 0.15) is 17.3 Å². The molecule has 3 aromatic rings. The maximum atomic E-state index is 13.9. The lowest BCUT2D eigenvalue weighted by Crippen LogP contribution is -2.16. The third-order valence-corrected chi connectivity index (χ3v) is 4.00. The van der Waals surface area contributed by atoms with E-state index in [0.29, 0.717) is 12.0 Å². The average Bonchev–Trinajstić information content (AvgIpc) is 2.49. The summed E-state index contributed by atoms with van der Waals surface area (Å²) in [6.07, 6.45) is 2.16. The predicted octanol–water partition coefficient (Wildman–Crippen LogP) is 4.38. The Morgan fingerprint density at radius 2 is 1.95 bits per heavy atom. The van der Waals surface area contributed by atoms with Crippen molar-refractivity contribution in [1.29, 1.82) is 0 Å². The highest BCUT2D eigenvalue weighted by Gasteiger charge is 2.14. The number of fused-ring (bicyclic) bond motifs is 1. The summed E-state index contributed by atoms with van der Waals surface area (Å²) >= 11 is 3.26. The number of pyridine rings is 1. The van der Waals surface area contributed by atoms with Crippen LogP contribution in [-0.2, 0) is 6.42 Å². The zero-order valence-electron chi connectivity index (χ0n) is 11.3. The zero-order valence-corrected chi connectivity index (χ0v) is 12.8. The molecule has 0 amide bonds. The van der Waals surface area contributed by atoms with Gasteiger partial charge in [0, 0.05) is 16.1 Å². The van der Waals surface area contributed by atoms with E-state index in [0.717, 1.165) is 20.9 Å². The van der Waals surface area contributed by atoms with Gasteiger partial charge in [0.25, 0.3) is 0 Å². The average molecular weight is 345 g/mol. The first-order valence-corrected chi connectivity index (χ1v) is 7.47. The standard InChI is InChI=1S/C17H14BrFN2/c18-13-6-5-12(15(19)10-13)9-16(20)17-14-4-2-1-3-11(14)7-8-21-17/h1-8,10,16H,9,20H2. The summed E-state index contributed by atoms with van der Waals surface area (Å²) in [4.78, 5) is 4.39. The maximum Gasteiger partial charge on any atom is 0.127 e. The Labute approximate surface area is 130 Å². The van der Waals surface area contributed by atoms with E-state index >= 15 is 0 Å². The zero-order chi connectivity index (χ0) is 14.8. The summed E-state index contributed by atoms with van der Waals surface area (Å²) in [7, 11) is 0. The molecule has 3 rings (SSSR count). The number of nitrogens with two attached hydrogens (primary N) is 1. The van der Waals surface area contributed by atoms with E-state index < -0.39 is 0 Å². The van der Waals surface area contributed by atoms with Crippen molar-refractivity contribution in [3.8, 4) is 0 Å². The Morgan fingerprint density at radius 3 is 2.76 bits per heavy atom. The minimum atomic E-state index is -0.341. The van der Waals surface area contributed by atoms with Crippen LogP contribution in [0.15, 0.2) is 59.2 Å². The number of nitrogens with zero attached hydrogens (tertiary/aromatic N) is 1. The van der Waals surface area contributed by atoms with Crippen LogP contribution in [0.25, 0.3) is 10.8 Å². The molecule has 1 unspecified atom stereocenters.